The largest absolute Gasteiger partial charge is 0.384 e. The third-order valence-corrected chi connectivity index (χ3v) is 4.43. The first-order valence-corrected chi connectivity index (χ1v) is 7.88. The van der Waals surface area contributed by atoms with Crippen LogP contribution in [0.1, 0.15) is 48.7 Å². The highest BCUT2D eigenvalue weighted by Gasteiger charge is 2.18. The monoisotopic (exact) mass is 279 g/mol. The number of nitrogens with zero attached hydrogens (tertiary/aromatic N) is 1. The Morgan fingerprint density at radius 3 is 2.95 bits per heavy atom. The number of hydrogen-bond donors (Lipinski definition) is 2. The summed E-state index contributed by atoms with van der Waals surface area (Å²) in [6, 6.07) is 3.77. The quantitative estimate of drug-likeness (QED) is 0.891. The molecule has 0 spiro atoms. The molecule has 3 N–H and O–H groups in total. The molecule has 5 heteroatoms. The van der Waals surface area contributed by atoms with Crippen LogP contribution in [0, 0.1) is 0 Å². The highest BCUT2D eigenvalue weighted by Crippen LogP contribution is 2.19. The van der Waals surface area contributed by atoms with Crippen molar-refractivity contribution in [2.24, 2.45) is 0 Å². The number of nitrogens with two attached hydrogens (primary N) is 1. The van der Waals surface area contributed by atoms with Gasteiger partial charge >= 0.3 is 0 Å². The van der Waals surface area contributed by atoms with Gasteiger partial charge in [-0.2, -0.15) is 11.8 Å². The van der Waals surface area contributed by atoms with Gasteiger partial charge in [0.2, 0.25) is 0 Å². The highest BCUT2D eigenvalue weighted by molar-refractivity contribution is 7.99. The maximum Gasteiger partial charge on any atom is 0.251 e. The Hall–Kier alpha value is -1.23. The number of aromatic nitrogens is 1. The van der Waals surface area contributed by atoms with Crippen molar-refractivity contribution in [2.45, 2.75) is 38.6 Å². The van der Waals surface area contributed by atoms with Crippen LogP contribution in [0.4, 0.5) is 5.82 Å². The van der Waals surface area contributed by atoms with Gasteiger partial charge in [0.15, 0.2) is 0 Å². The number of pyridine rings is 1. The van der Waals surface area contributed by atoms with E-state index in [-0.39, 0.29) is 17.9 Å². The number of hydrogen-bond acceptors (Lipinski definition) is 4. The molecule has 1 atom stereocenters. The molecular weight excluding hydrogens is 258 g/mol. The lowest BCUT2D eigenvalue weighted by Gasteiger charge is -2.22. The number of nitrogens with one attached hydrogen (secondary N) is 1. The number of anilines is 1. The molecule has 19 heavy (non-hydrogen) atoms. The minimum Gasteiger partial charge on any atom is -0.384 e. The predicted octanol–water partition coefficient (Wildman–Crippen LogP) is 2.41. The van der Waals surface area contributed by atoms with Crippen LogP contribution in [0.2, 0.25) is 0 Å². The second-order valence-corrected chi connectivity index (χ2v) is 6.40. The molecule has 1 aliphatic rings. The van der Waals surface area contributed by atoms with Crippen LogP contribution >= 0.6 is 11.8 Å². The van der Waals surface area contributed by atoms with Crippen molar-refractivity contribution >= 4 is 23.5 Å². The van der Waals surface area contributed by atoms with Gasteiger partial charge in [-0.1, -0.05) is 13.8 Å². The second-order valence-electron chi connectivity index (χ2n) is 5.25. The Morgan fingerprint density at radius 1 is 1.53 bits per heavy atom. The molecule has 104 valence electrons. The zero-order valence-corrected chi connectivity index (χ0v) is 12.3. The second kappa shape index (κ2) is 6.28. The fraction of sp³-hybridized carbons (Fsp3) is 0.571. The fourth-order valence-electron chi connectivity index (χ4n) is 2.12. The van der Waals surface area contributed by atoms with Crippen molar-refractivity contribution in [1.29, 1.82) is 0 Å². The van der Waals surface area contributed by atoms with E-state index < -0.39 is 0 Å². The first kappa shape index (κ1) is 14.2. The summed E-state index contributed by atoms with van der Waals surface area (Å²) in [5, 5.41) is 3.09. The van der Waals surface area contributed by atoms with E-state index in [4.69, 9.17) is 5.73 Å². The first-order chi connectivity index (χ1) is 9.06. The molecule has 1 saturated heterocycles. The Bertz CT molecular complexity index is 456. The van der Waals surface area contributed by atoms with Crippen molar-refractivity contribution in [3.05, 3.63) is 23.4 Å². The van der Waals surface area contributed by atoms with E-state index in [0.717, 1.165) is 17.9 Å². The molecule has 1 unspecified atom stereocenters. The summed E-state index contributed by atoms with van der Waals surface area (Å²) in [5.74, 6) is 2.84. The SMILES string of the molecule is CC(C)c1cc(C(=O)NC2CCCSC2)cc(N)n1. The number of amides is 1. The van der Waals surface area contributed by atoms with E-state index in [9.17, 15) is 4.79 Å². The van der Waals surface area contributed by atoms with Gasteiger partial charge in [0.05, 0.1) is 0 Å². The first-order valence-electron chi connectivity index (χ1n) is 6.72. The summed E-state index contributed by atoms with van der Waals surface area (Å²) in [6.07, 6.45) is 2.24. The fourth-order valence-corrected chi connectivity index (χ4v) is 3.20. The van der Waals surface area contributed by atoms with Crippen LogP contribution < -0.4 is 11.1 Å². The Kier molecular flexibility index (Phi) is 4.69. The molecule has 0 bridgehead atoms. The lowest BCUT2D eigenvalue weighted by atomic mass is 10.1. The van der Waals surface area contributed by atoms with Crippen molar-refractivity contribution < 1.29 is 4.79 Å². The van der Waals surface area contributed by atoms with E-state index in [1.807, 2.05) is 31.7 Å². The lowest BCUT2D eigenvalue weighted by molar-refractivity contribution is 0.0938. The molecule has 2 heterocycles. The normalized spacial score (nSPS) is 19.4. The molecule has 1 aliphatic heterocycles. The minimum absolute atomic E-state index is 0.0384. The number of rotatable bonds is 3. The maximum atomic E-state index is 12.2. The van der Waals surface area contributed by atoms with Crippen LogP contribution in [0.25, 0.3) is 0 Å². The van der Waals surface area contributed by atoms with E-state index >= 15 is 0 Å². The molecule has 4 nitrogen and oxygen atoms in total. The van der Waals surface area contributed by atoms with Gasteiger partial charge in [-0.05, 0) is 36.6 Å². The topological polar surface area (TPSA) is 68.0 Å². The van der Waals surface area contributed by atoms with Crippen LogP contribution in [0.15, 0.2) is 12.1 Å². The van der Waals surface area contributed by atoms with Crippen LogP contribution in [0.5, 0.6) is 0 Å². The summed E-state index contributed by atoms with van der Waals surface area (Å²) < 4.78 is 0. The van der Waals surface area contributed by atoms with Gasteiger partial charge in [-0.15, -0.1) is 0 Å². The van der Waals surface area contributed by atoms with Crippen molar-refractivity contribution in [3.8, 4) is 0 Å². The van der Waals surface area contributed by atoms with E-state index in [2.05, 4.69) is 10.3 Å². The zero-order chi connectivity index (χ0) is 13.8. The number of carbonyl (C=O) groups excluding carboxylic acids is 1. The third kappa shape index (κ3) is 3.86. The van der Waals surface area contributed by atoms with Gasteiger partial charge in [0, 0.05) is 23.1 Å². The average Bonchev–Trinajstić information content (AvgIpc) is 2.39. The Balaban J connectivity index is 2.09. The van der Waals surface area contributed by atoms with E-state index in [0.29, 0.717) is 11.4 Å². The van der Waals surface area contributed by atoms with Gasteiger partial charge in [-0.3, -0.25) is 4.79 Å². The average molecular weight is 279 g/mol. The predicted molar refractivity (Wildman–Crippen MR) is 80.6 cm³/mol. The lowest BCUT2D eigenvalue weighted by Crippen LogP contribution is -2.38. The maximum absolute atomic E-state index is 12.2. The number of carbonyl (C=O) groups is 1. The minimum atomic E-state index is -0.0384. The molecular formula is C14H21N3OS. The molecule has 0 aromatic carbocycles. The summed E-state index contributed by atoms with van der Waals surface area (Å²) in [5.41, 5.74) is 7.25. The van der Waals surface area contributed by atoms with E-state index in [1.165, 1.54) is 12.2 Å². The Morgan fingerprint density at radius 2 is 2.32 bits per heavy atom. The zero-order valence-electron chi connectivity index (χ0n) is 11.5. The van der Waals surface area contributed by atoms with Gasteiger partial charge in [0.1, 0.15) is 5.82 Å². The molecule has 0 aliphatic carbocycles. The van der Waals surface area contributed by atoms with Gasteiger partial charge in [-0.25, -0.2) is 4.98 Å². The summed E-state index contributed by atoms with van der Waals surface area (Å²) in [7, 11) is 0. The highest BCUT2D eigenvalue weighted by atomic mass is 32.2. The van der Waals surface area contributed by atoms with Crippen LogP contribution in [-0.4, -0.2) is 28.4 Å². The molecule has 1 aromatic rings. The molecule has 0 radical (unpaired) electrons. The molecule has 1 aromatic heterocycles. The third-order valence-electron chi connectivity index (χ3n) is 3.21. The van der Waals surface area contributed by atoms with Gasteiger partial charge in [0.25, 0.3) is 5.91 Å². The molecule has 0 saturated carbocycles. The molecule has 1 amide bonds. The number of nitrogen functional groups attached to an aromatic ring is 1. The smallest absolute Gasteiger partial charge is 0.251 e. The number of thioether (sulfide) groups is 1. The summed E-state index contributed by atoms with van der Waals surface area (Å²) in [4.78, 5) is 16.5. The van der Waals surface area contributed by atoms with Crippen molar-refractivity contribution in [2.75, 3.05) is 17.2 Å². The van der Waals surface area contributed by atoms with Crippen LogP contribution in [0.3, 0.4) is 0 Å². The Labute approximate surface area is 118 Å². The van der Waals surface area contributed by atoms with E-state index in [1.54, 1.807) is 6.07 Å². The van der Waals surface area contributed by atoms with Crippen LogP contribution in [-0.2, 0) is 0 Å². The molecule has 2 rings (SSSR count). The standard InChI is InChI=1S/C14H21N3OS/c1-9(2)12-6-10(7-13(15)17-12)14(18)16-11-4-3-5-19-8-11/h6-7,9,11H,3-5,8H2,1-2H3,(H2,15,17)(H,16,18). The molecule has 1 fully saturated rings. The summed E-state index contributed by atoms with van der Waals surface area (Å²) in [6.45, 7) is 4.09. The van der Waals surface area contributed by atoms with Gasteiger partial charge < -0.3 is 11.1 Å². The summed E-state index contributed by atoms with van der Waals surface area (Å²) >= 11 is 1.90. The van der Waals surface area contributed by atoms with Crippen molar-refractivity contribution in [1.82, 2.24) is 10.3 Å². The van der Waals surface area contributed by atoms with Crippen molar-refractivity contribution in [3.63, 3.8) is 0 Å².